The summed E-state index contributed by atoms with van der Waals surface area (Å²) >= 11 is 1.33. The van der Waals surface area contributed by atoms with E-state index in [1.54, 1.807) is 31.4 Å². The maximum Gasteiger partial charge on any atom is 0.243 e. The first kappa shape index (κ1) is 23.2. The lowest BCUT2D eigenvalue weighted by Crippen LogP contribution is -2.35. The molecule has 8 nitrogen and oxygen atoms in total. The molecule has 2 heterocycles. The summed E-state index contributed by atoms with van der Waals surface area (Å²) in [5.74, 6) is 1.25. The lowest BCUT2D eigenvalue weighted by molar-refractivity contribution is -0.116. The van der Waals surface area contributed by atoms with Gasteiger partial charge in [-0.2, -0.15) is 4.31 Å². The second-order valence-corrected chi connectivity index (χ2v) is 10.6. The van der Waals surface area contributed by atoms with Crippen LogP contribution in [0.1, 0.15) is 22.6 Å². The van der Waals surface area contributed by atoms with Crippen molar-refractivity contribution >= 4 is 32.4 Å². The molecule has 33 heavy (non-hydrogen) atoms. The smallest absolute Gasteiger partial charge is 0.243 e. The highest BCUT2D eigenvalue weighted by Gasteiger charge is 2.30. The molecule has 0 fully saturated rings. The molecule has 1 amide bonds. The van der Waals surface area contributed by atoms with Crippen molar-refractivity contribution in [2.24, 2.45) is 0 Å². The standard InChI is InChI=1S/C23H25N3O5S2/c1-30-17-6-3-16(4-7-17)5-12-22(27)25-23-24-20-13-14-26(15-21(20)32-23)33(28,29)19-10-8-18(31-2)9-11-19/h3-4,6-11H,5,12-15H2,1-2H3,(H,24,25,27). The van der Waals surface area contributed by atoms with Gasteiger partial charge in [0.15, 0.2) is 5.13 Å². The van der Waals surface area contributed by atoms with Crippen LogP contribution in [-0.2, 0) is 34.2 Å². The number of carbonyl (C=O) groups excluding carboxylic acids is 1. The highest BCUT2D eigenvalue weighted by atomic mass is 32.2. The van der Waals surface area contributed by atoms with Crippen LogP contribution in [0.2, 0.25) is 0 Å². The average Bonchev–Trinajstić information content (AvgIpc) is 3.24. The molecule has 1 aromatic heterocycles. The molecule has 1 aliphatic heterocycles. The Morgan fingerprint density at radius 1 is 1.06 bits per heavy atom. The zero-order chi connectivity index (χ0) is 23.4. The molecule has 4 rings (SSSR count). The summed E-state index contributed by atoms with van der Waals surface area (Å²) in [6, 6.07) is 14.0. The van der Waals surface area contributed by atoms with Gasteiger partial charge < -0.3 is 14.8 Å². The lowest BCUT2D eigenvalue weighted by atomic mass is 10.1. The molecule has 3 aromatic rings. The molecule has 0 bridgehead atoms. The lowest BCUT2D eigenvalue weighted by Gasteiger charge is -2.25. The number of amides is 1. The van der Waals surface area contributed by atoms with E-state index in [2.05, 4.69) is 10.3 Å². The summed E-state index contributed by atoms with van der Waals surface area (Å²) in [5, 5.41) is 3.35. The zero-order valence-electron chi connectivity index (χ0n) is 18.4. The first-order chi connectivity index (χ1) is 15.9. The number of benzene rings is 2. The number of aryl methyl sites for hydroxylation is 1. The van der Waals surface area contributed by atoms with Gasteiger partial charge in [0.25, 0.3) is 0 Å². The molecule has 2 aromatic carbocycles. The van der Waals surface area contributed by atoms with E-state index in [4.69, 9.17) is 9.47 Å². The van der Waals surface area contributed by atoms with Crippen molar-refractivity contribution < 1.29 is 22.7 Å². The van der Waals surface area contributed by atoms with E-state index < -0.39 is 10.0 Å². The Bertz CT molecular complexity index is 1220. The molecular formula is C23H25N3O5S2. The maximum absolute atomic E-state index is 13.0. The van der Waals surface area contributed by atoms with E-state index in [1.165, 1.54) is 22.8 Å². The van der Waals surface area contributed by atoms with Gasteiger partial charge in [-0.05, 0) is 48.4 Å². The number of nitrogens with zero attached hydrogens (tertiary/aromatic N) is 2. The largest absolute Gasteiger partial charge is 0.497 e. The third-order valence-electron chi connectivity index (χ3n) is 5.44. The third-order valence-corrected chi connectivity index (χ3v) is 8.30. The van der Waals surface area contributed by atoms with Crippen molar-refractivity contribution in [1.82, 2.24) is 9.29 Å². The summed E-state index contributed by atoms with van der Waals surface area (Å²) in [6.45, 7) is 0.582. The fourth-order valence-corrected chi connectivity index (χ4v) is 6.09. The van der Waals surface area contributed by atoms with Crippen molar-refractivity contribution in [2.75, 3.05) is 26.1 Å². The number of rotatable bonds is 8. The molecule has 0 saturated heterocycles. The number of aromatic nitrogens is 1. The van der Waals surface area contributed by atoms with Crippen LogP contribution in [0.15, 0.2) is 53.4 Å². The van der Waals surface area contributed by atoms with E-state index in [1.807, 2.05) is 24.3 Å². The summed E-state index contributed by atoms with van der Waals surface area (Å²) in [4.78, 5) is 18.0. The number of fused-ring (bicyclic) bond motifs is 1. The Balaban J connectivity index is 1.37. The SMILES string of the molecule is COc1ccc(CCC(=O)Nc2nc3c(s2)CN(S(=O)(=O)c2ccc(OC)cc2)CC3)cc1. The Morgan fingerprint density at radius 3 is 2.33 bits per heavy atom. The topological polar surface area (TPSA) is 97.8 Å². The molecule has 0 aliphatic carbocycles. The summed E-state index contributed by atoms with van der Waals surface area (Å²) in [6.07, 6.45) is 1.44. The molecule has 0 atom stereocenters. The second kappa shape index (κ2) is 9.90. The normalized spacial score (nSPS) is 13.9. The van der Waals surface area contributed by atoms with E-state index in [-0.39, 0.29) is 17.3 Å². The van der Waals surface area contributed by atoms with E-state index in [0.29, 0.717) is 36.7 Å². The molecular weight excluding hydrogens is 462 g/mol. The Labute approximate surface area is 197 Å². The van der Waals surface area contributed by atoms with E-state index >= 15 is 0 Å². The molecule has 10 heteroatoms. The highest BCUT2D eigenvalue weighted by molar-refractivity contribution is 7.89. The van der Waals surface area contributed by atoms with Crippen molar-refractivity contribution in [1.29, 1.82) is 0 Å². The Morgan fingerprint density at radius 2 is 1.70 bits per heavy atom. The minimum absolute atomic E-state index is 0.125. The summed E-state index contributed by atoms with van der Waals surface area (Å²) in [5.41, 5.74) is 1.88. The van der Waals surface area contributed by atoms with Crippen LogP contribution in [0.25, 0.3) is 0 Å². The second-order valence-electron chi connectivity index (χ2n) is 7.55. The molecule has 174 valence electrons. The van der Waals surface area contributed by atoms with Gasteiger partial charge in [0.05, 0.1) is 31.4 Å². The molecule has 0 unspecified atom stereocenters. The predicted molar refractivity (Wildman–Crippen MR) is 126 cm³/mol. The number of nitrogens with one attached hydrogen (secondary N) is 1. The van der Waals surface area contributed by atoms with Crippen LogP contribution in [0, 0.1) is 0 Å². The Hall–Kier alpha value is -2.95. The van der Waals surface area contributed by atoms with Gasteiger partial charge in [0.2, 0.25) is 15.9 Å². The van der Waals surface area contributed by atoms with Crippen molar-refractivity contribution in [3.63, 3.8) is 0 Å². The number of anilines is 1. The molecule has 0 radical (unpaired) electrons. The molecule has 1 aliphatic rings. The number of sulfonamides is 1. The van der Waals surface area contributed by atoms with Crippen LogP contribution in [0.4, 0.5) is 5.13 Å². The number of ether oxygens (including phenoxy) is 2. The highest BCUT2D eigenvalue weighted by Crippen LogP contribution is 2.31. The van der Waals surface area contributed by atoms with Crippen molar-refractivity contribution in [3.8, 4) is 11.5 Å². The first-order valence-corrected chi connectivity index (χ1v) is 12.7. The van der Waals surface area contributed by atoms with Gasteiger partial charge >= 0.3 is 0 Å². The fraction of sp³-hybridized carbons (Fsp3) is 0.304. The van der Waals surface area contributed by atoms with Gasteiger partial charge in [-0.25, -0.2) is 13.4 Å². The quantitative estimate of drug-likeness (QED) is 0.523. The Kier molecular flexibility index (Phi) is 6.96. The predicted octanol–water partition coefficient (Wildman–Crippen LogP) is 3.48. The minimum Gasteiger partial charge on any atom is -0.497 e. The fourth-order valence-electron chi connectivity index (χ4n) is 3.56. The summed E-state index contributed by atoms with van der Waals surface area (Å²) < 4.78 is 37.8. The van der Waals surface area contributed by atoms with E-state index in [9.17, 15) is 13.2 Å². The van der Waals surface area contributed by atoms with E-state index in [0.717, 1.165) is 21.9 Å². The molecule has 0 saturated carbocycles. The van der Waals surface area contributed by atoms with Crippen LogP contribution >= 0.6 is 11.3 Å². The van der Waals surface area contributed by atoms with Gasteiger partial charge in [0, 0.05) is 24.3 Å². The minimum atomic E-state index is -3.63. The maximum atomic E-state index is 13.0. The van der Waals surface area contributed by atoms with Crippen LogP contribution < -0.4 is 14.8 Å². The zero-order valence-corrected chi connectivity index (χ0v) is 20.0. The number of hydrogen-bond donors (Lipinski definition) is 1. The van der Waals surface area contributed by atoms with Gasteiger partial charge in [-0.1, -0.05) is 12.1 Å². The summed E-state index contributed by atoms with van der Waals surface area (Å²) in [7, 11) is -0.476. The number of carbonyl (C=O) groups is 1. The van der Waals surface area contributed by atoms with Crippen LogP contribution in [-0.4, -0.2) is 44.4 Å². The van der Waals surface area contributed by atoms with Gasteiger partial charge in [0.1, 0.15) is 11.5 Å². The molecule has 1 N–H and O–H groups in total. The molecule has 0 spiro atoms. The van der Waals surface area contributed by atoms with Crippen LogP contribution in [0.5, 0.6) is 11.5 Å². The number of thiazole rings is 1. The average molecular weight is 488 g/mol. The number of hydrogen-bond acceptors (Lipinski definition) is 7. The third kappa shape index (κ3) is 5.35. The van der Waals surface area contributed by atoms with Gasteiger partial charge in [-0.3, -0.25) is 4.79 Å². The van der Waals surface area contributed by atoms with Crippen LogP contribution in [0.3, 0.4) is 0 Å². The van der Waals surface area contributed by atoms with Crippen molar-refractivity contribution in [3.05, 3.63) is 64.7 Å². The van der Waals surface area contributed by atoms with Gasteiger partial charge in [-0.15, -0.1) is 11.3 Å². The van der Waals surface area contributed by atoms with Crippen molar-refractivity contribution in [2.45, 2.75) is 30.7 Å². The first-order valence-electron chi connectivity index (χ1n) is 10.4. The monoisotopic (exact) mass is 487 g/mol. The number of methoxy groups -OCH3 is 2.